The summed E-state index contributed by atoms with van der Waals surface area (Å²) in [5, 5.41) is 3.39. The molecule has 0 spiro atoms. The minimum absolute atomic E-state index is 0.250. The van der Waals surface area contributed by atoms with Gasteiger partial charge in [-0.05, 0) is 29.8 Å². The molecule has 3 aromatic heterocycles. The molecular formula is C27H18N4O. The number of nitrogens with two attached hydrogens (primary N) is 1. The summed E-state index contributed by atoms with van der Waals surface area (Å²) in [5.74, 6) is -0.536. The number of pyridine rings is 2. The molecule has 0 unspecified atom stereocenters. The predicted octanol–water partition coefficient (Wildman–Crippen LogP) is 5.70. The minimum Gasteiger partial charge on any atom is -0.364 e. The van der Waals surface area contributed by atoms with Crippen LogP contribution in [-0.2, 0) is 0 Å². The van der Waals surface area contributed by atoms with Crippen molar-refractivity contribution in [3.8, 4) is 22.3 Å². The van der Waals surface area contributed by atoms with Gasteiger partial charge in [-0.15, -0.1) is 0 Å². The average Bonchev–Trinajstić information content (AvgIpc) is 3.23. The summed E-state index contributed by atoms with van der Waals surface area (Å²) in [6, 6.07) is 26.4. The smallest absolute Gasteiger partial charge is 0.267 e. The topological polar surface area (TPSA) is 84.7 Å². The number of nitrogens with one attached hydrogen (secondary N) is 1. The molecule has 0 fully saturated rings. The Hall–Kier alpha value is -4.51. The number of amides is 1. The van der Waals surface area contributed by atoms with E-state index in [1.165, 1.54) is 0 Å². The molecule has 32 heavy (non-hydrogen) atoms. The van der Waals surface area contributed by atoms with E-state index in [4.69, 9.17) is 5.73 Å². The van der Waals surface area contributed by atoms with Gasteiger partial charge in [0.1, 0.15) is 5.69 Å². The van der Waals surface area contributed by atoms with Gasteiger partial charge in [0, 0.05) is 50.8 Å². The maximum Gasteiger partial charge on any atom is 0.267 e. The molecule has 1 amide bonds. The number of hydrogen-bond acceptors (Lipinski definition) is 3. The lowest BCUT2D eigenvalue weighted by molar-refractivity contribution is 0.0995. The summed E-state index contributed by atoms with van der Waals surface area (Å²) in [4.78, 5) is 23.9. The highest BCUT2D eigenvalue weighted by atomic mass is 16.1. The Kier molecular flexibility index (Phi) is 4.01. The van der Waals surface area contributed by atoms with Crippen LogP contribution in [-0.4, -0.2) is 20.9 Å². The fourth-order valence-electron chi connectivity index (χ4n) is 4.36. The number of fused-ring (bicyclic) bond motifs is 4. The van der Waals surface area contributed by atoms with E-state index in [9.17, 15) is 4.79 Å². The number of aromatic nitrogens is 3. The summed E-state index contributed by atoms with van der Waals surface area (Å²) in [7, 11) is 0. The van der Waals surface area contributed by atoms with Crippen molar-refractivity contribution in [1.29, 1.82) is 0 Å². The van der Waals surface area contributed by atoms with Crippen LogP contribution in [0.1, 0.15) is 10.5 Å². The van der Waals surface area contributed by atoms with Crippen molar-refractivity contribution in [1.82, 2.24) is 15.0 Å². The Morgan fingerprint density at radius 3 is 2.41 bits per heavy atom. The highest BCUT2D eigenvalue weighted by Crippen LogP contribution is 2.39. The Labute approximate surface area is 183 Å². The van der Waals surface area contributed by atoms with Gasteiger partial charge in [0.25, 0.3) is 5.91 Å². The highest BCUT2D eigenvalue weighted by Gasteiger charge is 2.16. The second-order valence-electron chi connectivity index (χ2n) is 7.79. The molecule has 0 radical (unpaired) electrons. The quantitative estimate of drug-likeness (QED) is 0.390. The maximum absolute atomic E-state index is 11.4. The van der Waals surface area contributed by atoms with Gasteiger partial charge in [-0.2, -0.15) is 0 Å². The summed E-state index contributed by atoms with van der Waals surface area (Å²) in [6.45, 7) is 0. The number of aromatic amines is 1. The number of primary amides is 1. The molecule has 0 saturated carbocycles. The molecule has 0 aliphatic heterocycles. The van der Waals surface area contributed by atoms with Crippen molar-refractivity contribution in [2.45, 2.75) is 0 Å². The zero-order valence-electron chi connectivity index (χ0n) is 17.0. The molecule has 3 aromatic carbocycles. The fourth-order valence-corrected chi connectivity index (χ4v) is 4.36. The normalized spacial score (nSPS) is 11.4. The average molecular weight is 414 g/mol. The number of para-hydroxylation sites is 2. The van der Waals surface area contributed by atoms with Crippen LogP contribution in [0.5, 0.6) is 0 Å². The molecule has 6 aromatic rings. The minimum atomic E-state index is -0.536. The lowest BCUT2D eigenvalue weighted by Crippen LogP contribution is -2.12. The van der Waals surface area contributed by atoms with Crippen LogP contribution in [0.15, 0.2) is 91.3 Å². The first kappa shape index (κ1) is 18.3. The van der Waals surface area contributed by atoms with Crippen LogP contribution < -0.4 is 5.73 Å². The molecule has 6 rings (SSSR count). The number of hydrogen-bond donors (Lipinski definition) is 2. The van der Waals surface area contributed by atoms with Gasteiger partial charge in [0.05, 0.1) is 11.0 Å². The van der Waals surface area contributed by atoms with E-state index in [-0.39, 0.29) is 5.69 Å². The molecular weight excluding hydrogens is 396 g/mol. The Bertz CT molecular complexity index is 1650. The molecule has 0 aliphatic carbocycles. The van der Waals surface area contributed by atoms with Gasteiger partial charge in [-0.25, -0.2) is 0 Å². The largest absolute Gasteiger partial charge is 0.364 e. The van der Waals surface area contributed by atoms with Crippen LogP contribution in [0.2, 0.25) is 0 Å². The van der Waals surface area contributed by atoms with Crippen molar-refractivity contribution < 1.29 is 4.79 Å². The van der Waals surface area contributed by atoms with E-state index in [1.807, 2.05) is 42.6 Å². The van der Waals surface area contributed by atoms with E-state index >= 15 is 0 Å². The summed E-state index contributed by atoms with van der Waals surface area (Å²) in [5.41, 5.74) is 12.8. The summed E-state index contributed by atoms with van der Waals surface area (Å²) in [6.07, 6.45) is 3.62. The van der Waals surface area contributed by atoms with E-state index in [0.717, 1.165) is 55.0 Å². The second-order valence-corrected chi connectivity index (χ2v) is 7.79. The number of H-pyrrole nitrogens is 1. The molecule has 5 nitrogen and oxygen atoms in total. The standard InChI is InChI=1S/C27H18N4O/c28-27(32)24-12-9-17(14-30-24)20-11-10-19(18-13-16-5-1-3-7-22(16)29-15-18)25-21-6-2-4-8-23(21)31-26(20)25/h1-15,31H,(H2,28,32). The highest BCUT2D eigenvalue weighted by molar-refractivity contribution is 6.18. The summed E-state index contributed by atoms with van der Waals surface area (Å²) < 4.78 is 0. The summed E-state index contributed by atoms with van der Waals surface area (Å²) >= 11 is 0. The number of nitrogens with zero attached hydrogens (tertiary/aromatic N) is 2. The van der Waals surface area contributed by atoms with Crippen molar-refractivity contribution in [2.75, 3.05) is 0 Å². The number of rotatable bonds is 3. The second kappa shape index (κ2) is 7.03. The molecule has 3 N–H and O–H groups in total. The SMILES string of the molecule is NC(=O)c1ccc(-c2ccc(-c3cnc4ccccc4c3)c3c2[nH]c2ccccc23)cn1. The third-order valence-corrected chi connectivity index (χ3v) is 5.89. The van der Waals surface area contributed by atoms with Crippen molar-refractivity contribution >= 4 is 38.6 Å². The lowest BCUT2D eigenvalue weighted by Gasteiger charge is -2.10. The van der Waals surface area contributed by atoms with Gasteiger partial charge in [-0.1, -0.05) is 54.6 Å². The molecule has 152 valence electrons. The first-order chi connectivity index (χ1) is 15.7. The lowest BCUT2D eigenvalue weighted by atomic mass is 9.95. The molecule has 0 atom stereocenters. The van der Waals surface area contributed by atoms with Gasteiger partial charge in [0.15, 0.2) is 0 Å². The van der Waals surface area contributed by atoms with Crippen molar-refractivity contribution in [2.24, 2.45) is 5.73 Å². The number of carbonyl (C=O) groups is 1. The van der Waals surface area contributed by atoms with E-state index < -0.39 is 5.91 Å². The number of carbonyl (C=O) groups excluding carboxylic acids is 1. The van der Waals surface area contributed by atoms with E-state index in [0.29, 0.717) is 0 Å². The Morgan fingerprint density at radius 1 is 0.781 bits per heavy atom. The third-order valence-electron chi connectivity index (χ3n) is 5.89. The molecule has 0 saturated heterocycles. The molecule has 3 heterocycles. The monoisotopic (exact) mass is 414 g/mol. The van der Waals surface area contributed by atoms with Gasteiger partial charge < -0.3 is 10.7 Å². The Morgan fingerprint density at radius 2 is 1.56 bits per heavy atom. The zero-order valence-corrected chi connectivity index (χ0v) is 17.0. The van der Waals surface area contributed by atoms with Crippen LogP contribution in [0, 0.1) is 0 Å². The van der Waals surface area contributed by atoms with Crippen molar-refractivity contribution in [3.63, 3.8) is 0 Å². The molecule has 0 aliphatic rings. The van der Waals surface area contributed by atoms with Crippen LogP contribution >= 0.6 is 0 Å². The molecule has 0 bridgehead atoms. The van der Waals surface area contributed by atoms with Gasteiger partial charge in [0.2, 0.25) is 0 Å². The van der Waals surface area contributed by atoms with Crippen LogP contribution in [0.4, 0.5) is 0 Å². The van der Waals surface area contributed by atoms with Gasteiger partial charge >= 0.3 is 0 Å². The zero-order chi connectivity index (χ0) is 21.7. The maximum atomic E-state index is 11.4. The number of benzene rings is 3. The van der Waals surface area contributed by atoms with Crippen molar-refractivity contribution in [3.05, 3.63) is 97.0 Å². The fraction of sp³-hybridized carbons (Fsp3) is 0. The van der Waals surface area contributed by atoms with E-state index in [1.54, 1.807) is 12.3 Å². The predicted molar refractivity (Wildman–Crippen MR) is 128 cm³/mol. The van der Waals surface area contributed by atoms with Crippen LogP contribution in [0.25, 0.3) is 55.0 Å². The van der Waals surface area contributed by atoms with E-state index in [2.05, 4.69) is 51.4 Å². The first-order valence-electron chi connectivity index (χ1n) is 10.3. The van der Waals surface area contributed by atoms with Gasteiger partial charge in [-0.3, -0.25) is 14.8 Å². The molecule has 5 heteroatoms. The Balaban J connectivity index is 1.63. The first-order valence-corrected chi connectivity index (χ1v) is 10.3. The third kappa shape index (κ3) is 2.83. The van der Waals surface area contributed by atoms with Crippen LogP contribution in [0.3, 0.4) is 0 Å².